The van der Waals surface area contributed by atoms with Crippen LogP contribution in [0.2, 0.25) is 0 Å². The van der Waals surface area contributed by atoms with Crippen molar-refractivity contribution in [1.29, 1.82) is 0 Å². The van der Waals surface area contributed by atoms with Gasteiger partial charge in [-0.25, -0.2) is 9.78 Å². The van der Waals surface area contributed by atoms with Crippen LogP contribution in [0.25, 0.3) is 0 Å². The zero-order valence-electron chi connectivity index (χ0n) is 12.3. The Kier molecular flexibility index (Phi) is 5.68. The minimum Gasteiger partial charge on any atom is -0.461 e. The molecule has 0 aliphatic heterocycles. The van der Waals surface area contributed by atoms with E-state index in [4.69, 9.17) is 9.47 Å². The molecule has 1 amide bonds. The predicted molar refractivity (Wildman–Crippen MR) is 80.9 cm³/mol. The highest BCUT2D eigenvalue weighted by Gasteiger charge is 2.22. The lowest BCUT2D eigenvalue weighted by Crippen LogP contribution is -2.30. The number of rotatable bonds is 7. The van der Waals surface area contributed by atoms with E-state index in [9.17, 15) is 9.59 Å². The molecule has 0 saturated heterocycles. The molecule has 0 fully saturated rings. The third-order valence-corrected chi connectivity index (χ3v) is 3.89. The van der Waals surface area contributed by atoms with Crippen molar-refractivity contribution in [1.82, 2.24) is 15.3 Å². The monoisotopic (exact) mass is 323 g/mol. The number of hydrogen-bond acceptors (Lipinski definition) is 6. The third-order valence-electron chi connectivity index (χ3n) is 2.93. The summed E-state index contributed by atoms with van der Waals surface area (Å²) in [5, 5.41) is 4.65. The second-order valence-electron chi connectivity index (χ2n) is 4.30. The summed E-state index contributed by atoms with van der Waals surface area (Å²) in [6.07, 6.45) is 1.04. The summed E-state index contributed by atoms with van der Waals surface area (Å²) in [5.74, 6) is -1.06. The number of methoxy groups -OCH3 is 1. The maximum Gasteiger partial charge on any atom is 0.357 e. The van der Waals surface area contributed by atoms with E-state index in [0.29, 0.717) is 0 Å². The van der Waals surface area contributed by atoms with Gasteiger partial charge in [0.25, 0.3) is 5.91 Å². The van der Waals surface area contributed by atoms with Crippen LogP contribution in [0.15, 0.2) is 23.8 Å². The number of ether oxygens (including phenoxy) is 2. The van der Waals surface area contributed by atoms with Gasteiger partial charge in [-0.2, -0.15) is 0 Å². The first-order valence-corrected chi connectivity index (χ1v) is 7.60. The standard InChI is InChI=1S/C14H17N3O4S/c1-3-21-14(19)12-11(16-8-17-12)13(18)15-7-9(20-2)10-5-4-6-22-10/h4-6,8-9H,3,7H2,1-2H3,(H,15,18)(H,16,17). The molecule has 1 atom stereocenters. The maximum atomic E-state index is 12.2. The molecule has 0 aliphatic rings. The largest absolute Gasteiger partial charge is 0.461 e. The molecule has 22 heavy (non-hydrogen) atoms. The molecule has 7 nitrogen and oxygen atoms in total. The third kappa shape index (κ3) is 3.71. The number of aromatic amines is 1. The smallest absolute Gasteiger partial charge is 0.357 e. The zero-order chi connectivity index (χ0) is 15.9. The highest BCUT2D eigenvalue weighted by Crippen LogP contribution is 2.21. The molecule has 0 spiro atoms. The van der Waals surface area contributed by atoms with Gasteiger partial charge in [0.15, 0.2) is 11.4 Å². The maximum absolute atomic E-state index is 12.2. The minimum absolute atomic E-state index is 0.0134. The van der Waals surface area contributed by atoms with Gasteiger partial charge in [0, 0.05) is 18.5 Å². The minimum atomic E-state index is -0.605. The van der Waals surface area contributed by atoms with Crippen LogP contribution in [0.4, 0.5) is 0 Å². The van der Waals surface area contributed by atoms with Gasteiger partial charge < -0.3 is 19.8 Å². The second-order valence-corrected chi connectivity index (χ2v) is 5.28. The van der Waals surface area contributed by atoms with Crippen molar-refractivity contribution in [3.63, 3.8) is 0 Å². The number of nitrogens with one attached hydrogen (secondary N) is 2. The molecular formula is C14H17N3O4S. The van der Waals surface area contributed by atoms with Crippen LogP contribution in [0.1, 0.15) is 38.9 Å². The van der Waals surface area contributed by atoms with E-state index in [2.05, 4.69) is 15.3 Å². The van der Waals surface area contributed by atoms with Crippen LogP contribution >= 0.6 is 11.3 Å². The topological polar surface area (TPSA) is 93.3 Å². The van der Waals surface area contributed by atoms with Gasteiger partial charge in [-0.05, 0) is 18.4 Å². The van der Waals surface area contributed by atoms with E-state index in [1.54, 1.807) is 25.4 Å². The molecular weight excluding hydrogens is 306 g/mol. The lowest BCUT2D eigenvalue weighted by atomic mass is 10.2. The van der Waals surface area contributed by atoms with Crippen molar-refractivity contribution < 1.29 is 19.1 Å². The van der Waals surface area contributed by atoms with Gasteiger partial charge in [0.2, 0.25) is 0 Å². The van der Waals surface area contributed by atoms with Crippen molar-refractivity contribution in [2.24, 2.45) is 0 Å². The number of carbonyl (C=O) groups is 2. The van der Waals surface area contributed by atoms with Gasteiger partial charge in [0.05, 0.1) is 12.9 Å². The molecule has 0 saturated carbocycles. The van der Waals surface area contributed by atoms with Crippen LogP contribution in [0, 0.1) is 0 Å². The van der Waals surface area contributed by atoms with Crippen LogP contribution in [0.5, 0.6) is 0 Å². The lowest BCUT2D eigenvalue weighted by molar-refractivity contribution is 0.0515. The van der Waals surface area contributed by atoms with Crippen LogP contribution < -0.4 is 5.32 Å². The molecule has 2 aromatic rings. The van der Waals surface area contributed by atoms with Gasteiger partial charge >= 0.3 is 5.97 Å². The number of H-pyrrole nitrogens is 1. The summed E-state index contributed by atoms with van der Waals surface area (Å²) in [4.78, 5) is 31.4. The van der Waals surface area contributed by atoms with Gasteiger partial charge in [-0.15, -0.1) is 11.3 Å². The normalized spacial score (nSPS) is 11.9. The number of aromatic nitrogens is 2. The van der Waals surface area contributed by atoms with Crippen molar-refractivity contribution in [3.05, 3.63) is 40.1 Å². The summed E-state index contributed by atoms with van der Waals surface area (Å²) in [5.41, 5.74) is 0.0592. The molecule has 1 unspecified atom stereocenters. The average molecular weight is 323 g/mol. The molecule has 0 aliphatic carbocycles. The predicted octanol–water partition coefficient (Wildman–Crippen LogP) is 1.77. The molecule has 2 N–H and O–H groups in total. The first-order valence-electron chi connectivity index (χ1n) is 6.72. The summed E-state index contributed by atoms with van der Waals surface area (Å²) in [6.45, 7) is 2.20. The van der Waals surface area contributed by atoms with Crippen molar-refractivity contribution in [3.8, 4) is 0 Å². The summed E-state index contributed by atoms with van der Waals surface area (Å²) < 4.78 is 10.2. The summed E-state index contributed by atoms with van der Waals surface area (Å²) in [7, 11) is 1.58. The first-order chi connectivity index (χ1) is 10.7. The molecule has 0 radical (unpaired) electrons. The fraction of sp³-hybridized carbons (Fsp3) is 0.357. The Morgan fingerprint density at radius 1 is 1.50 bits per heavy atom. The Balaban J connectivity index is 2.01. The van der Waals surface area contributed by atoms with Crippen molar-refractivity contribution in [2.45, 2.75) is 13.0 Å². The Hall–Kier alpha value is -2.19. The van der Waals surface area contributed by atoms with Gasteiger partial charge in [-0.3, -0.25) is 4.79 Å². The molecule has 2 heterocycles. The van der Waals surface area contributed by atoms with E-state index in [-0.39, 0.29) is 30.6 Å². The second kappa shape index (κ2) is 7.71. The molecule has 118 valence electrons. The SMILES string of the molecule is CCOC(=O)c1[nH]cnc1C(=O)NCC(OC)c1cccs1. The van der Waals surface area contributed by atoms with Crippen molar-refractivity contribution in [2.75, 3.05) is 20.3 Å². The zero-order valence-corrected chi connectivity index (χ0v) is 13.1. The number of carbonyl (C=O) groups excluding carboxylic acids is 2. The number of esters is 1. The number of nitrogens with zero attached hydrogens (tertiary/aromatic N) is 1. The summed E-state index contributed by atoms with van der Waals surface area (Å²) in [6, 6.07) is 3.85. The summed E-state index contributed by atoms with van der Waals surface area (Å²) >= 11 is 1.55. The van der Waals surface area contributed by atoms with Crippen LogP contribution in [-0.4, -0.2) is 42.1 Å². The number of thiophene rings is 1. The number of amides is 1. The molecule has 0 bridgehead atoms. The van der Waals surface area contributed by atoms with Crippen molar-refractivity contribution >= 4 is 23.2 Å². The highest BCUT2D eigenvalue weighted by molar-refractivity contribution is 7.10. The van der Waals surface area contributed by atoms with Gasteiger partial charge in [0.1, 0.15) is 6.10 Å². The number of hydrogen-bond donors (Lipinski definition) is 2. The molecule has 8 heteroatoms. The Morgan fingerprint density at radius 3 is 2.95 bits per heavy atom. The van der Waals surface area contributed by atoms with E-state index in [1.807, 2.05) is 17.5 Å². The average Bonchev–Trinajstić information content (AvgIpc) is 3.19. The fourth-order valence-electron chi connectivity index (χ4n) is 1.87. The first kappa shape index (κ1) is 16.2. The van der Waals surface area contributed by atoms with E-state index >= 15 is 0 Å². The molecule has 2 rings (SSSR count). The Labute approximate surface area is 131 Å². The van der Waals surface area contributed by atoms with Crippen LogP contribution in [-0.2, 0) is 9.47 Å². The van der Waals surface area contributed by atoms with E-state index in [0.717, 1.165) is 4.88 Å². The Morgan fingerprint density at radius 2 is 2.32 bits per heavy atom. The quantitative estimate of drug-likeness (QED) is 0.757. The van der Waals surface area contributed by atoms with E-state index < -0.39 is 11.9 Å². The molecule has 0 aromatic carbocycles. The fourth-order valence-corrected chi connectivity index (χ4v) is 2.67. The van der Waals surface area contributed by atoms with Crippen LogP contribution in [0.3, 0.4) is 0 Å². The molecule has 2 aromatic heterocycles. The van der Waals surface area contributed by atoms with Gasteiger partial charge in [-0.1, -0.05) is 6.07 Å². The highest BCUT2D eigenvalue weighted by atomic mass is 32.1. The number of imidazole rings is 1. The van der Waals surface area contributed by atoms with E-state index in [1.165, 1.54) is 6.33 Å². The Bertz CT molecular complexity index is 624. The lowest BCUT2D eigenvalue weighted by Gasteiger charge is -2.14.